The van der Waals surface area contributed by atoms with E-state index >= 15 is 0 Å². The molecule has 163 valence electrons. The molecule has 7 nitrogen and oxygen atoms in total. The molecule has 4 rings (SSSR count). The Morgan fingerprint density at radius 1 is 1.16 bits per heavy atom. The number of piperidine rings is 1. The highest BCUT2D eigenvalue weighted by atomic mass is 19.1. The van der Waals surface area contributed by atoms with E-state index in [1.807, 2.05) is 12.4 Å². The first kappa shape index (κ1) is 21.1. The van der Waals surface area contributed by atoms with Crippen molar-refractivity contribution < 1.29 is 18.0 Å². The zero-order chi connectivity index (χ0) is 21.6. The number of anilines is 1. The normalized spacial score (nSPS) is 14.7. The fourth-order valence-corrected chi connectivity index (χ4v) is 3.77. The Morgan fingerprint density at radius 2 is 1.87 bits per heavy atom. The minimum absolute atomic E-state index is 0.147. The predicted octanol–water partition coefficient (Wildman–Crippen LogP) is 4.24. The predicted molar refractivity (Wildman–Crippen MR) is 110 cm³/mol. The van der Waals surface area contributed by atoms with Crippen LogP contribution in [0.3, 0.4) is 0 Å². The highest BCUT2D eigenvalue weighted by Crippen LogP contribution is 2.28. The first-order chi connectivity index (χ1) is 15.1. The summed E-state index contributed by atoms with van der Waals surface area (Å²) < 4.78 is 38.4. The lowest BCUT2D eigenvalue weighted by Gasteiger charge is -2.32. The van der Waals surface area contributed by atoms with Gasteiger partial charge in [-0.25, -0.2) is 18.7 Å². The van der Waals surface area contributed by atoms with E-state index in [0.29, 0.717) is 12.5 Å². The van der Waals surface area contributed by atoms with Gasteiger partial charge < -0.3 is 14.2 Å². The second-order valence-corrected chi connectivity index (χ2v) is 7.64. The van der Waals surface area contributed by atoms with Crippen LogP contribution < -0.4 is 9.64 Å². The number of aryl methyl sites for hydroxylation is 1. The van der Waals surface area contributed by atoms with Crippen molar-refractivity contribution in [3.63, 3.8) is 0 Å². The van der Waals surface area contributed by atoms with Crippen molar-refractivity contribution in [2.45, 2.75) is 39.0 Å². The number of nitrogens with zero attached hydrogens (tertiary/aromatic N) is 5. The highest BCUT2D eigenvalue weighted by Gasteiger charge is 2.21. The number of aromatic nitrogens is 4. The molecule has 1 aliphatic rings. The molecule has 1 aliphatic heterocycles. The molecule has 3 aromatic rings. The SMILES string of the molecule is CCc1cnc(N2CCC(CCCOc3cc(F)c(-c4n[c]on4)c(F)c3)CC2)nc1. The van der Waals surface area contributed by atoms with Gasteiger partial charge in [0.15, 0.2) is 0 Å². The molecule has 0 unspecified atom stereocenters. The van der Waals surface area contributed by atoms with Crippen LogP contribution in [0.4, 0.5) is 14.7 Å². The van der Waals surface area contributed by atoms with E-state index in [9.17, 15) is 8.78 Å². The van der Waals surface area contributed by atoms with Crippen molar-refractivity contribution in [3.8, 4) is 17.1 Å². The van der Waals surface area contributed by atoms with Gasteiger partial charge in [0.25, 0.3) is 0 Å². The molecule has 0 bridgehead atoms. The maximum Gasteiger partial charge on any atom is 0.316 e. The third kappa shape index (κ3) is 5.15. The molecular weight excluding hydrogens is 404 g/mol. The molecule has 9 heteroatoms. The van der Waals surface area contributed by atoms with Gasteiger partial charge in [-0.15, -0.1) is 0 Å². The monoisotopic (exact) mass is 428 g/mol. The first-order valence-corrected chi connectivity index (χ1v) is 10.5. The van der Waals surface area contributed by atoms with E-state index in [-0.39, 0.29) is 17.1 Å². The Hall–Kier alpha value is -3.10. The summed E-state index contributed by atoms with van der Waals surface area (Å²) in [4.78, 5) is 14.7. The van der Waals surface area contributed by atoms with E-state index in [2.05, 4.69) is 42.8 Å². The number of benzene rings is 1. The van der Waals surface area contributed by atoms with Crippen LogP contribution in [-0.4, -0.2) is 39.8 Å². The zero-order valence-electron chi connectivity index (χ0n) is 17.4. The van der Waals surface area contributed by atoms with Crippen LogP contribution in [-0.2, 0) is 6.42 Å². The molecule has 1 saturated heterocycles. The summed E-state index contributed by atoms with van der Waals surface area (Å²) in [5.41, 5.74) is 0.791. The minimum atomic E-state index is -0.800. The van der Waals surface area contributed by atoms with Gasteiger partial charge in [-0.1, -0.05) is 12.1 Å². The number of rotatable bonds is 8. The number of hydrogen-bond donors (Lipinski definition) is 0. The average molecular weight is 428 g/mol. The van der Waals surface area contributed by atoms with Crippen molar-refractivity contribution in [3.05, 3.63) is 48.1 Å². The fourth-order valence-electron chi connectivity index (χ4n) is 3.77. The Bertz CT molecular complexity index is 951. The van der Waals surface area contributed by atoms with Crippen LogP contribution in [0.15, 0.2) is 29.0 Å². The summed E-state index contributed by atoms with van der Waals surface area (Å²) in [5.74, 6) is -0.240. The molecule has 0 amide bonds. The first-order valence-electron chi connectivity index (χ1n) is 10.5. The standard InChI is InChI=1S/C22H24F2N5O2/c1-2-15-12-25-22(26-13-15)29-7-5-16(6-8-29)4-3-9-30-17-10-18(23)20(19(24)11-17)21-27-14-31-28-21/h10-13,16H,2-9H2,1H3. The quantitative estimate of drug-likeness (QED) is 0.497. The van der Waals surface area contributed by atoms with Crippen molar-refractivity contribution >= 4 is 5.95 Å². The molecule has 2 aromatic heterocycles. The number of hydrogen-bond acceptors (Lipinski definition) is 7. The van der Waals surface area contributed by atoms with Gasteiger partial charge in [0.05, 0.1) is 12.2 Å². The molecule has 0 N–H and O–H groups in total. The van der Waals surface area contributed by atoms with Crippen LogP contribution in [0, 0.1) is 23.9 Å². The summed E-state index contributed by atoms with van der Waals surface area (Å²) in [6.07, 6.45) is 10.8. The molecule has 1 aromatic carbocycles. The van der Waals surface area contributed by atoms with Crippen molar-refractivity contribution in [1.82, 2.24) is 20.1 Å². The summed E-state index contributed by atoms with van der Waals surface area (Å²) in [6.45, 7) is 4.35. The summed E-state index contributed by atoms with van der Waals surface area (Å²) in [6, 6.07) is 2.27. The average Bonchev–Trinajstić information content (AvgIpc) is 3.31. The molecule has 1 fully saturated rings. The van der Waals surface area contributed by atoms with Crippen molar-refractivity contribution in [2.24, 2.45) is 5.92 Å². The van der Waals surface area contributed by atoms with E-state index < -0.39 is 11.6 Å². The van der Waals surface area contributed by atoms with Crippen molar-refractivity contribution in [2.75, 3.05) is 24.6 Å². The van der Waals surface area contributed by atoms with Crippen LogP contribution in [0.25, 0.3) is 11.4 Å². The zero-order valence-corrected chi connectivity index (χ0v) is 17.4. The third-order valence-corrected chi connectivity index (χ3v) is 5.59. The molecule has 0 spiro atoms. The fraction of sp³-hybridized carbons (Fsp3) is 0.455. The summed E-state index contributed by atoms with van der Waals surface area (Å²) >= 11 is 0. The van der Waals surface area contributed by atoms with E-state index in [1.54, 1.807) is 0 Å². The van der Waals surface area contributed by atoms with Crippen molar-refractivity contribution in [1.29, 1.82) is 0 Å². The molecular formula is C22H24F2N5O2. The maximum absolute atomic E-state index is 14.2. The molecule has 0 aliphatic carbocycles. The van der Waals surface area contributed by atoms with Gasteiger partial charge in [-0.05, 0) is 43.6 Å². The Labute approximate surface area is 179 Å². The molecule has 3 heterocycles. The lowest BCUT2D eigenvalue weighted by atomic mass is 9.92. The Balaban J connectivity index is 1.21. The van der Waals surface area contributed by atoms with Crippen LogP contribution in [0.2, 0.25) is 0 Å². The number of ether oxygens (including phenoxy) is 1. The van der Waals surface area contributed by atoms with Crippen LogP contribution >= 0.6 is 0 Å². The highest BCUT2D eigenvalue weighted by molar-refractivity contribution is 5.57. The van der Waals surface area contributed by atoms with E-state index in [1.165, 1.54) is 0 Å². The number of halogens is 2. The van der Waals surface area contributed by atoms with Gasteiger partial charge in [0, 0.05) is 37.6 Å². The molecule has 0 atom stereocenters. The molecule has 1 radical (unpaired) electrons. The Morgan fingerprint density at radius 3 is 2.48 bits per heavy atom. The summed E-state index contributed by atoms with van der Waals surface area (Å²) in [5, 5.41) is 3.42. The van der Waals surface area contributed by atoms with Crippen LogP contribution in [0.1, 0.15) is 38.2 Å². The largest absolute Gasteiger partial charge is 0.493 e. The van der Waals surface area contributed by atoms with Gasteiger partial charge in [0.2, 0.25) is 11.8 Å². The minimum Gasteiger partial charge on any atom is -0.493 e. The second kappa shape index (κ2) is 9.80. The lowest BCUT2D eigenvalue weighted by Crippen LogP contribution is -2.35. The van der Waals surface area contributed by atoms with Gasteiger partial charge in [-0.2, -0.15) is 4.98 Å². The summed E-state index contributed by atoms with van der Waals surface area (Å²) in [7, 11) is 0. The van der Waals surface area contributed by atoms with Gasteiger partial charge >= 0.3 is 6.39 Å². The van der Waals surface area contributed by atoms with E-state index in [0.717, 1.165) is 68.8 Å². The Kier molecular flexibility index (Phi) is 6.69. The molecule has 0 saturated carbocycles. The maximum atomic E-state index is 14.2. The topological polar surface area (TPSA) is 77.2 Å². The van der Waals surface area contributed by atoms with Gasteiger partial charge in [-0.3, -0.25) is 0 Å². The third-order valence-electron chi connectivity index (χ3n) is 5.59. The van der Waals surface area contributed by atoms with Crippen LogP contribution in [0.5, 0.6) is 5.75 Å². The smallest absolute Gasteiger partial charge is 0.316 e. The lowest BCUT2D eigenvalue weighted by molar-refractivity contribution is 0.277. The van der Waals surface area contributed by atoms with E-state index in [4.69, 9.17) is 4.74 Å². The second-order valence-electron chi connectivity index (χ2n) is 7.64. The van der Waals surface area contributed by atoms with Gasteiger partial charge in [0.1, 0.15) is 17.4 Å². The molecule has 31 heavy (non-hydrogen) atoms.